The molecule has 2 aliphatic rings. The molecule has 0 aliphatic carbocycles. The molecular formula is C13H12N2OS. The Bertz CT molecular complexity index is 521. The van der Waals surface area contributed by atoms with Crippen LogP contribution in [0.5, 0.6) is 0 Å². The van der Waals surface area contributed by atoms with Gasteiger partial charge < -0.3 is 0 Å². The van der Waals surface area contributed by atoms with Crippen molar-refractivity contribution in [1.29, 1.82) is 0 Å². The summed E-state index contributed by atoms with van der Waals surface area (Å²) in [6, 6.07) is 5.72. The van der Waals surface area contributed by atoms with Crippen molar-refractivity contribution in [2.24, 2.45) is 0 Å². The summed E-state index contributed by atoms with van der Waals surface area (Å²) in [4.78, 5) is 18.1. The van der Waals surface area contributed by atoms with Crippen LogP contribution in [0.1, 0.15) is 12.6 Å². The van der Waals surface area contributed by atoms with Gasteiger partial charge >= 0.3 is 0 Å². The van der Waals surface area contributed by atoms with Crippen LogP contribution in [0.3, 0.4) is 0 Å². The van der Waals surface area contributed by atoms with Gasteiger partial charge in [-0.05, 0) is 25.1 Å². The van der Waals surface area contributed by atoms with Crippen LogP contribution in [-0.2, 0) is 4.79 Å². The Morgan fingerprint density at radius 1 is 1.53 bits per heavy atom. The van der Waals surface area contributed by atoms with Crippen LogP contribution >= 0.6 is 11.8 Å². The molecule has 1 amide bonds. The molecule has 0 bridgehead atoms. The lowest BCUT2D eigenvalue weighted by molar-refractivity contribution is -0.131. The lowest BCUT2D eigenvalue weighted by Crippen LogP contribution is -2.53. The van der Waals surface area contributed by atoms with Gasteiger partial charge in [-0.3, -0.25) is 14.7 Å². The van der Waals surface area contributed by atoms with E-state index in [1.54, 1.807) is 18.0 Å². The molecular weight excluding hydrogens is 232 g/mol. The van der Waals surface area contributed by atoms with Crippen molar-refractivity contribution in [2.75, 3.05) is 5.75 Å². The van der Waals surface area contributed by atoms with Crippen LogP contribution in [0.15, 0.2) is 41.7 Å². The van der Waals surface area contributed by atoms with Crippen LogP contribution in [0, 0.1) is 0 Å². The summed E-state index contributed by atoms with van der Waals surface area (Å²) >= 11 is 1.78. The minimum atomic E-state index is 0.113. The smallest absolute Gasteiger partial charge is 0.258 e. The van der Waals surface area contributed by atoms with Crippen LogP contribution in [0.2, 0.25) is 0 Å². The van der Waals surface area contributed by atoms with Crippen molar-refractivity contribution in [3.63, 3.8) is 0 Å². The molecule has 3 nitrogen and oxygen atoms in total. The second-order valence-corrected chi connectivity index (χ2v) is 5.17. The van der Waals surface area contributed by atoms with Crippen LogP contribution in [0.4, 0.5) is 0 Å². The summed E-state index contributed by atoms with van der Waals surface area (Å²) < 4.78 is 0. The van der Waals surface area contributed by atoms with Crippen molar-refractivity contribution in [3.05, 3.63) is 47.4 Å². The van der Waals surface area contributed by atoms with Gasteiger partial charge in [0.15, 0.2) is 0 Å². The molecule has 2 aliphatic heterocycles. The standard InChI is InChI=1S/C13H12N2OS/c1-9-5-7-17-13-11(12(16)15(9)13)8-10-4-2-3-6-14-10/h2-6,8,13H,7H2,1H3/b11-8-. The Balaban J connectivity index is 1.90. The molecule has 3 heterocycles. The van der Waals surface area contributed by atoms with Gasteiger partial charge in [0, 0.05) is 17.6 Å². The van der Waals surface area contributed by atoms with Crippen LogP contribution in [-0.4, -0.2) is 26.9 Å². The molecule has 0 saturated carbocycles. The predicted octanol–water partition coefficient (Wildman–Crippen LogP) is 2.28. The zero-order chi connectivity index (χ0) is 11.8. The molecule has 1 atom stereocenters. The van der Waals surface area contributed by atoms with Crippen molar-refractivity contribution in [2.45, 2.75) is 12.3 Å². The van der Waals surface area contributed by atoms with E-state index in [0.29, 0.717) is 0 Å². The van der Waals surface area contributed by atoms with E-state index in [4.69, 9.17) is 0 Å². The van der Waals surface area contributed by atoms with Gasteiger partial charge in [-0.1, -0.05) is 12.1 Å². The highest BCUT2D eigenvalue weighted by Gasteiger charge is 2.44. The number of allylic oxidation sites excluding steroid dienone is 1. The highest BCUT2D eigenvalue weighted by atomic mass is 32.2. The molecule has 0 N–H and O–H groups in total. The number of thioether (sulfide) groups is 1. The number of amides is 1. The molecule has 1 aromatic heterocycles. The van der Waals surface area contributed by atoms with Crippen molar-refractivity contribution in [3.8, 4) is 0 Å². The number of fused-ring (bicyclic) bond motifs is 1. The second-order valence-electron chi connectivity index (χ2n) is 4.06. The number of carbonyl (C=O) groups excluding carboxylic acids is 1. The van der Waals surface area contributed by atoms with Gasteiger partial charge in [0.2, 0.25) is 0 Å². The number of aromatic nitrogens is 1. The summed E-state index contributed by atoms with van der Waals surface area (Å²) in [7, 11) is 0. The first-order valence-electron chi connectivity index (χ1n) is 5.52. The predicted molar refractivity (Wildman–Crippen MR) is 69.1 cm³/mol. The maximum absolute atomic E-state index is 12.0. The summed E-state index contributed by atoms with van der Waals surface area (Å²) in [5, 5.41) is 0.189. The fourth-order valence-corrected chi connectivity index (χ4v) is 3.32. The average Bonchev–Trinajstić information content (AvgIpc) is 2.36. The molecule has 17 heavy (non-hydrogen) atoms. The van der Waals surface area contributed by atoms with Gasteiger partial charge in [-0.15, -0.1) is 11.8 Å². The number of hydrogen-bond acceptors (Lipinski definition) is 3. The van der Waals surface area contributed by atoms with Gasteiger partial charge in [0.05, 0.1) is 11.3 Å². The number of carbonyl (C=O) groups is 1. The van der Waals surface area contributed by atoms with E-state index in [1.165, 1.54) is 0 Å². The molecule has 0 radical (unpaired) electrons. The Morgan fingerprint density at radius 2 is 2.41 bits per heavy atom. The SMILES string of the molecule is CC1=CCSC2/C(=C\c3ccccn3)C(=O)N12. The van der Waals surface area contributed by atoms with E-state index >= 15 is 0 Å². The monoisotopic (exact) mass is 244 g/mol. The topological polar surface area (TPSA) is 33.2 Å². The largest absolute Gasteiger partial charge is 0.296 e. The van der Waals surface area contributed by atoms with Crippen molar-refractivity contribution < 1.29 is 4.79 Å². The summed E-state index contributed by atoms with van der Waals surface area (Å²) in [6.45, 7) is 1.99. The van der Waals surface area contributed by atoms with Gasteiger partial charge in [-0.2, -0.15) is 0 Å². The molecule has 1 fully saturated rings. The molecule has 0 aromatic carbocycles. The maximum Gasteiger partial charge on any atom is 0.258 e. The Morgan fingerprint density at radius 3 is 3.18 bits per heavy atom. The summed E-state index contributed by atoms with van der Waals surface area (Å²) in [5.74, 6) is 1.08. The Labute approximate surface area is 104 Å². The third-order valence-electron chi connectivity index (χ3n) is 2.97. The Kier molecular flexibility index (Phi) is 2.52. The molecule has 1 aromatic rings. The van der Waals surface area contributed by atoms with Gasteiger partial charge in [0.25, 0.3) is 5.91 Å². The quantitative estimate of drug-likeness (QED) is 0.561. The first-order chi connectivity index (χ1) is 8.27. The van der Waals surface area contributed by atoms with E-state index in [9.17, 15) is 4.79 Å². The molecule has 1 saturated heterocycles. The first-order valence-corrected chi connectivity index (χ1v) is 6.57. The van der Waals surface area contributed by atoms with Crippen LogP contribution in [0.25, 0.3) is 6.08 Å². The number of pyridine rings is 1. The lowest BCUT2D eigenvalue weighted by Gasteiger charge is -2.44. The minimum Gasteiger partial charge on any atom is -0.296 e. The third kappa shape index (κ3) is 1.69. The van der Waals surface area contributed by atoms with E-state index in [1.807, 2.05) is 36.1 Å². The third-order valence-corrected chi connectivity index (χ3v) is 4.11. The van der Waals surface area contributed by atoms with Gasteiger partial charge in [-0.25, -0.2) is 0 Å². The molecule has 0 spiro atoms. The van der Waals surface area contributed by atoms with Crippen molar-refractivity contribution in [1.82, 2.24) is 9.88 Å². The van der Waals surface area contributed by atoms with E-state index in [2.05, 4.69) is 11.1 Å². The van der Waals surface area contributed by atoms with E-state index < -0.39 is 0 Å². The maximum atomic E-state index is 12.0. The molecule has 1 unspecified atom stereocenters. The van der Waals surface area contributed by atoms with E-state index in [0.717, 1.165) is 22.7 Å². The molecule has 3 rings (SSSR count). The molecule has 4 heteroatoms. The summed E-state index contributed by atoms with van der Waals surface area (Å²) in [6.07, 6.45) is 5.73. The molecule has 86 valence electrons. The fraction of sp³-hybridized carbons (Fsp3) is 0.231. The Hall–Kier alpha value is -1.55. The number of nitrogens with zero attached hydrogens (tertiary/aromatic N) is 2. The second kappa shape index (κ2) is 4.04. The summed E-state index contributed by atoms with van der Waals surface area (Å²) in [5.41, 5.74) is 2.78. The minimum absolute atomic E-state index is 0.113. The first kappa shape index (κ1) is 10.6. The number of hydrogen-bond donors (Lipinski definition) is 0. The highest BCUT2D eigenvalue weighted by molar-refractivity contribution is 8.00. The zero-order valence-corrected chi connectivity index (χ0v) is 10.3. The average molecular weight is 244 g/mol. The lowest BCUT2D eigenvalue weighted by atomic mass is 10.0. The van der Waals surface area contributed by atoms with Gasteiger partial charge in [0.1, 0.15) is 5.37 Å². The number of β-lactam (4-membered cyclic amide) rings is 1. The van der Waals surface area contributed by atoms with Crippen LogP contribution < -0.4 is 0 Å². The van der Waals surface area contributed by atoms with Crippen molar-refractivity contribution >= 4 is 23.7 Å². The normalized spacial score (nSPS) is 25.4. The highest BCUT2D eigenvalue weighted by Crippen LogP contribution is 2.41. The fourth-order valence-electron chi connectivity index (χ4n) is 2.05. The van der Waals surface area contributed by atoms with E-state index in [-0.39, 0.29) is 11.3 Å². The number of rotatable bonds is 1. The zero-order valence-electron chi connectivity index (χ0n) is 9.46.